The zero-order valence-electron chi connectivity index (χ0n) is 11.2. The Balaban J connectivity index is 1.93. The lowest BCUT2D eigenvalue weighted by molar-refractivity contribution is -0.115. The summed E-state index contributed by atoms with van der Waals surface area (Å²) in [5.41, 5.74) is 0.761. The van der Waals surface area contributed by atoms with Crippen molar-refractivity contribution >= 4 is 52.3 Å². The SMILES string of the molecule is O=C(CNC(=O)c1ccccc1Cl)Nc1cc(Cl)cc(Cl)c1. The lowest BCUT2D eigenvalue weighted by Gasteiger charge is -2.08. The lowest BCUT2D eigenvalue weighted by atomic mass is 10.2. The van der Waals surface area contributed by atoms with Gasteiger partial charge in [-0.1, -0.05) is 46.9 Å². The molecule has 0 radical (unpaired) electrons. The number of halogens is 3. The summed E-state index contributed by atoms with van der Waals surface area (Å²) < 4.78 is 0. The van der Waals surface area contributed by atoms with E-state index in [1.165, 1.54) is 0 Å². The Kier molecular flexibility index (Phi) is 5.66. The van der Waals surface area contributed by atoms with Crippen LogP contribution >= 0.6 is 34.8 Å². The Hall–Kier alpha value is -1.75. The molecule has 2 rings (SSSR count). The molecule has 22 heavy (non-hydrogen) atoms. The van der Waals surface area contributed by atoms with E-state index in [1.807, 2.05) is 0 Å². The molecular weight excluding hydrogens is 347 g/mol. The number of hydrogen-bond donors (Lipinski definition) is 2. The molecule has 0 heterocycles. The average molecular weight is 358 g/mol. The Bertz CT molecular complexity index is 699. The van der Waals surface area contributed by atoms with Gasteiger partial charge in [-0.25, -0.2) is 0 Å². The van der Waals surface area contributed by atoms with Crippen LogP contribution in [0.3, 0.4) is 0 Å². The molecule has 0 fully saturated rings. The van der Waals surface area contributed by atoms with Crippen LogP contribution in [0.2, 0.25) is 15.1 Å². The molecule has 0 saturated heterocycles. The van der Waals surface area contributed by atoms with Crippen molar-refractivity contribution in [3.05, 3.63) is 63.1 Å². The van der Waals surface area contributed by atoms with E-state index in [1.54, 1.807) is 42.5 Å². The van der Waals surface area contributed by atoms with E-state index >= 15 is 0 Å². The Labute approximate surface area is 142 Å². The minimum atomic E-state index is -0.426. The van der Waals surface area contributed by atoms with Crippen molar-refractivity contribution in [3.63, 3.8) is 0 Å². The molecule has 2 aromatic carbocycles. The monoisotopic (exact) mass is 356 g/mol. The normalized spacial score (nSPS) is 10.1. The molecule has 2 N–H and O–H groups in total. The minimum Gasteiger partial charge on any atom is -0.343 e. The highest BCUT2D eigenvalue weighted by atomic mass is 35.5. The third-order valence-corrected chi connectivity index (χ3v) is 3.44. The predicted octanol–water partition coefficient (Wildman–Crippen LogP) is 4.02. The Morgan fingerprint density at radius 2 is 1.59 bits per heavy atom. The van der Waals surface area contributed by atoms with Crippen molar-refractivity contribution in [2.75, 3.05) is 11.9 Å². The molecule has 0 aliphatic heterocycles. The number of carbonyl (C=O) groups is 2. The first-order valence-electron chi connectivity index (χ1n) is 6.24. The summed E-state index contributed by atoms with van der Waals surface area (Å²) in [5.74, 6) is -0.830. The van der Waals surface area contributed by atoms with Crippen LogP contribution in [0.4, 0.5) is 5.69 Å². The molecule has 0 bridgehead atoms. The van der Waals surface area contributed by atoms with Crippen LogP contribution in [0, 0.1) is 0 Å². The van der Waals surface area contributed by atoms with Gasteiger partial charge < -0.3 is 10.6 Å². The van der Waals surface area contributed by atoms with E-state index in [-0.39, 0.29) is 6.54 Å². The topological polar surface area (TPSA) is 58.2 Å². The van der Waals surface area contributed by atoms with E-state index in [4.69, 9.17) is 34.8 Å². The van der Waals surface area contributed by atoms with Crippen molar-refractivity contribution in [2.24, 2.45) is 0 Å². The quantitative estimate of drug-likeness (QED) is 0.868. The fourth-order valence-electron chi connectivity index (χ4n) is 1.73. The molecule has 0 saturated carbocycles. The maximum Gasteiger partial charge on any atom is 0.253 e. The molecule has 4 nitrogen and oxygen atoms in total. The maximum atomic E-state index is 11.9. The predicted molar refractivity (Wildman–Crippen MR) is 88.9 cm³/mol. The van der Waals surface area contributed by atoms with Gasteiger partial charge in [-0.15, -0.1) is 0 Å². The van der Waals surface area contributed by atoms with Crippen molar-refractivity contribution < 1.29 is 9.59 Å². The number of anilines is 1. The van der Waals surface area contributed by atoms with Crippen LogP contribution in [0.15, 0.2) is 42.5 Å². The maximum absolute atomic E-state index is 11.9. The van der Waals surface area contributed by atoms with E-state index in [2.05, 4.69) is 10.6 Å². The summed E-state index contributed by atoms with van der Waals surface area (Å²) >= 11 is 17.6. The van der Waals surface area contributed by atoms with Crippen molar-refractivity contribution in [1.82, 2.24) is 5.32 Å². The number of hydrogen-bond acceptors (Lipinski definition) is 2. The van der Waals surface area contributed by atoms with Crippen molar-refractivity contribution in [2.45, 2.75) is 0 Å². The largest absolute Gasteiger partial charge is 0.343 e. The summed E-state index contributed by atoms with van der Waals surface area (Å²) in [4.78, 5) is 23.7. The molecule has 0 aliphatic carbocycles. The highest BCUT2D eigenvalue weighted by Gasteiger charge is 2.11. The number of benzene rings is 2. The third-order valence-electron chi connectivity index (χ3n) is 2.67. The molecule has 0 spiro atoms. The van der Waals surface area contributed by atoms with Crippen molar-refractivity contribution in [3.8, 4) is 0 Å². The molecule has 0 atom stereocenters. The van der Waals surface area contributed by atoms with E-state index in [9.17, 15) is 9.59 Å². The zero-order valence-corrected chi connectivity index (χ0v) is 13.5. The molecule has 2 amide bonds. The van der Waals surface area contributed by atoms with Crippen LogP contribution in [-0.2, 0) is 4.79 Å². The molecule has 2 aromatic rings. The van der Waals surface area contributed by atoms with Gasteiger partial charge in [0.25, 0.3) is 5.91 Å². The second kappa shape index (κ2) is 7.49. The first-order chi connectivity index (χ1) is 10.5. The number of rotatable bonds is 4. The van der Waals surface area contributed by atoms with Gasteiger partial charge in [-0.3, -0.25) is 9.59 Å². The third kappa shape index (κ3) is 4.63. The Morgan fingerprint density at radius 3 is 2.23 bits per heavy atom. The second-order valence-electron chi connectivity index (χ2n) is 4.37. The van der Waals surface area contributed by atoms with E-state index in [0.29, 0.717) is 26.3 Å². The van der Waals surface area contributed by atoms with Crippen LogP contribution in [0.1, 0.15) is 10.4 Å². The van der Waals surface area contributed by atoms with Gasteiger partial charge in [-0.2, -0.15) is 0 Å². The molecule has 0 aromatic heterocycles. The summed E-state index contributed by atoms with van der Waals surface area (Å²) in [6, 6.07) is 11.3. The molecule has 0 unspecified atom stereocenters. The van der Waals surface area contributed by atoms with Gasteiger partial charge in [0.1, 0.15) is 0 Å². The molecule has 7 heteroatoms. The summed E-state index contributed by atoms with van der Waals surface area (Å²) in [7, 11) is 0. The fourth-order valence-corrected chi connectivity index (χ4v) is 2.48. The van der Waals surface area contributed by atoms with Gasteiger partial charge in [0.05, 0.1) is 17.1 Å². The zero-order chi connectivity index (χ0) is 16.1. The minimum absolute atomic E-state index is 0.200. The summed E-state index contributed by atoms with van der Waals surface area (Å²) in [5, 5.41) is 6.21. The highest BCUT2D eigenvalue weighted by Crippen LogP contribution is 2.22. The molecule has 0 aliphatic rings. The lowest BCUT2D eigenvalue weighted by Crippen LogP contribution is -2.33. The van der Waals surface area contributed by atoms with Crippen LogP contribution < -0.4 is 10.6 Å². The average Bonchev–Trinajstić information content (AvgIpc) is 2.44. The van der Waals surface area contributed by atoms with E-state index < -0.39 is 11.8 Å². The van der Waals surface area contributed by atoms with Crippen molar-refractivity contribution in [1.29, 1.82) is 0 Å². The number of nitrogens with one attached hydrogen (secondary N) is 2. The standard InChI is InChI=1S/C15H11Cl3N2O2/c16-9-5-10(17)7-11(6-9)20-14(21)8-19-15(22)12-3-1-2-4-13(12)18/h1-7H,8H2,(H,19,22)(H,20,21). The number of amides is 2. The smallest absolute Gasteiger partial charge is 0.253 e. The van der Waals surface area contributed by atoms with Gasteiger partial charge in [0.2, 0.25) is 5.91 Å². The number of carbonyl (C=O) groups excluding carboxylic acids is 2. The van der Waals surface area contributed by atoms with Gasteiger partial charge >= 0.3 is 0 Å². The van der Waals surface area contributed by atoms with Gasteiger partial charge in [0, 0.05) is 15.7 Å². The van der Waals surface area contributed by atoms with Crippen LogP contribution in [0.5, 0.6) is 0 Å². The van der Waals surface area contributed by atoms with E-state index in [0.717, 1.165) is 0 Å². The second-order valence-corrected chi connectivity index (χ2v) is 5.65. The van der Waals surface area contributed by atoms with Crippen LogP contribution in [-0.4, -0.2) is 18.4 Å². The highest BCUT2D eigenvalue weighted by molar-refractivity contribution is 6.35. The van der Waals surface area contributed by atoms with Gasteiger partial charge in [0.15, 0.2) is 0 Å². The first-order valence-corrected chi connectivity index (χ1v) is 7.38. The van der Waals surface area contributed by atoms with Crippen LogP contribution in [0.25, 0.3) is 0 Å². The summed E-state index contributed by atoms with van der Waals surface area (Å²) in [6.07, 6.45) is 0. The molecular formula is C15H11Cl3N2O2. The molecule has 114 valence electrons. The van der Waals surface area contributed by atoms with Gasteiger partial charge in [-0.05, 0) is 30.3 Å². The fraction of sp³-hybridized carbons (Fsp3) is 0.0667. The Morgan fingerprint density at radius 1 is 0.955 bits per heavy atom. The summed E-state index contributed by atoms with van der Waals surface area (Å²) in [6.45, 7) is -0.200. The first kappa shape index (κ1) is 16.6.